The van der Waals surface area contributed by atoms with Crippen LogP contribution in [0.15, 0.2) is 5.11 Å². The van der Waals surface area contributed by atoms with Crippen LogP contribution in [0.3, 0.4) is 0 Å². The minimum atomic E-state index is -0.713. The van der Waals surface area contributed by atoms with E-state index in [2.05, 4.69) is 10.0 Å². The molecule has 8 heteroatoms. The average molecular weight is 315 g/mol. The molecule has 0 radical (unpaired) electrons. The fourth-order valence-corrected chi connectivity index (χ4v) is 2.65. The van der Waals surface area contributed by atoms with Crippen LogP contribution in [-0.2, 0) is 23.7 Å². The van der Waals surface area contributed by atoms with Crippen molar-refractivity contribution in [2.75, 3.05) is 19.8 Å². The Morgan fingerprint density at radius 3 is 2.59 bits per heavy atom. The number of ether oxygens (including phenoxy) is 5. The van der Waals surface area contributed by atoms with Crippen LogP contribution in [0, 0.1) is 0 Å². The van der Waals surface area contributed by atoms with Gasteiger partial charge in [0.05, 0.1) is 18.8 Å². The minimum Gasteiger partial charge on any atom is -0.367 e. The molecule has 0 aliphatic carbocycles. The molecule has 0 saturated carbocycles. The van der Waals surface area contributed by atoms with E-state index >= 15 is 0 Å². The van der Waals surface area contributed by atoms with Crippen LogP contribution in [0.4, 0.5) is 0 Å². The summed E-state index contributed by atoms with van der Waals surface area (Å²) >= 11 is 0. The fraction of sp³-hybridized carbons (Fsp3) is 1.00. The molecule has 0 aromatic heterocycles. The zero-order valence-corrected chi connectivity index (χ0v) is 13.8. The molecule has 2 aliphatic rings. The van der Waals surface area contributed by atoms with E-state index < -0.39 is 12.1 Å². The molecule has 0 aromatic carbocycles. The van der Waals surface area contributed by atoms with Gasteiger partial charge in [0.15, 0.2) is 12.1 Å². The molecule has 1 unspecified atom stereocenters. The smallest absolute Gasteiger partial charge is 0.186 e. The third-order valence-electron chi connectivity index (χ3n) is 3.26. The number of hydrogen-bond acceptors (Lipinski definition) is 6. The highest BCUT2D eigenvalue weighted by Crippen LogP contribution is 2.37. The van der Waals surface area contributed by atoms with Crippen LogP contribution in [0.5, 0.6) is 0 Å². The van der Waals surface area contributed by atoms with Crippen molar-refractivity contribution >= 4 is 0 Å². The van der Waals surface area contributed by atoms with Gasteiger partial charge in [-0.25, -0.2) is 0 Å². The number of hydrogen-bond donors (Lipinski definition) is 0. The van der Waals surface area contributed by atoms with Gasteiger partial charge in [-0.15, -0.1) is 0 Å². The summed E-state index contributed by atoms with van der Waals surface area (Å²) in [4.78, 5) is 2.69. The SMILES string of the molecule is CC(C)(C)O[C@@H]1CO[C@@H](OCCN=[N+]=[N-])C2OC(C)(C)O[C@H]21. The van der Waals surface area contributed by atoms with Crippen LogP contribution in [-0.4, -0.2) is 55.7 Å². The molecule has 4 atom stereocenters. The van der Waals surface area contributed by atoms with Gasteiger partial charge >= 0.3 is 0 Å². The maximum Gasteiger partial charge on any atom is 0.186 e. The molecular weight excluding hydrogens is 290 g/mol. The summed E-state index contributed by atoms with van der Waals surface area (Å²) in [6, 6.07) is 0. The first-order valence-electron chi connectivity index (χ1n) is 7.49. The van der Waals surface area contributed by atoms with Gasteiger partial charge in [-0.1, -0.05) is 5.11 Å². The Morgan fingerprint density at radius 1 is 1.27 bits per heavy atom. The predicted molar refractivity (Wildman–Crippen MR) is 78.2 cm³/mol. The molecule has 0 N–H and O–H groups in total. The van der Waals surface area contributed by atoms with Crippen LogP contribution in [0.25, 0.3) is 10.4 Å². The summed E-state index contributed by atoms with van der Waals surface area (Å²) in [5.41, 5.74) is 7.97. The Hall–Kier alpha value is -0.890. The van der Waals surface area contributed by atoms with E-state index in [1.54, 1.807) is 0 Å². The summed E-state index contributed by atoms with van der Waals surface area (Å²) in [6.45, 7) is 10.6. The Bertz CT molecular complexity index is 431. The van der Waals surface area contributed by atoms with E-state index in [4.69, 9.17) is 29.2 Å². The number of fused-ring (bicyclic) bond motifs is 1. The third kappa shape index (κ3) is 4.55. The highest BCUT2D eigenvalue weighted by atomic mass is 16.8. The second-order valence-electron chi connectivity index (χ2n) is 6.86. The van der Waals surface area contributed by atoms with Crippen LogP contribution < -0.4 is 0 Å². The molecule has 0 amide bonds. The van der Waals surface area contributed by atoms with Crippen molar-refractivity contribution in [1.82, 2.24) is 0 Å². The number of nitrogens with zero attached hydrogens (tertiary/aromatic N) is 3. The lowest BCUT2D eigenvalue weighted by Gasteiger charge is -2.39. The van der Waals surface area contributed by atoms with Gasteiger partial charge in [-0.3, -0.25) is 0 Å². The molecule has 8 nitrogen and oxygen atoms in total. The Labute approximate surface area is 130 Å². The van der Waals surface area contributed by atoms with E-state index in [0.717, 1.165) is 0 Å². The summed E-state index contributed by atoms with van der Waals surface area (Å²) in [5, 5.41) is 3.44. The van der Waals surface area contributed by atoms with E-state index in [9.17, 15) is 0 Å². The first kappa shape index (κ1) is 17.5. The minimum absolute atomic E-state index is 0.219. The standard InChI is InChI=1S/C14H25N3O5/c1-13(2,3)20-9-8-19-12(18-7-6-16-17-15)11-10(9)21-14(4,5)22-11/h9-12H,6-8H2,1-5H3/t9-,10+,11?,12-/m1/s1. The molecular formula is C14H25N3O5. The van der Waals surface area contributed by atoms with Gasteiger partial charge in [-0.2, -0.15) is 0 Å². The monoisotopic (exact) mass is 315 g/mol. The highest BCUT2D eigenvalue weighted by molar-refractivity contribution is 4.93. The first-order valence-corrected chi connectivity index (χ1v) is 7.49. The molecule has 22 heavy (non-hydrogen) atoms. The average Bonchev–Trinajstić information content (AvgIpc) is 2.71. The van der Waals surface area contributed by atoms with Crippen molar-refractivity contribution in [1.29, 1.82) is 0 Å². The van der Waals surface area contributed by atoms with Crippen molar-refractivity contribution in [3.63, 3.8) is 0 Å². The van der Waals surface area contributed by atoms with Gasteiger partial charge in [-0.05, 0) is 40.1 Å². The lowest BCUT2D eigenvalue weighted by Crippen LogP contribution is -2.54. The normalized spacial score (nSPS) is 34.0. The molecule has 2 aliphatic heterocycles. The molecule has 0 aromatic rings. The van der Waals surface area contributed by atoms with Gasteiger partial charge in [0, 0.05) is 11.5 Å². The molecule has 2 heterocycles. The van der Waals surface area contributed by atoms with Gasteiger partial charge in [0.2, 0.25) is 0 Å². The van der Waals surface area contributed by atoms with Crippen molar-refractivity contribution in [2.45, 2.75) is 70.6 Å². The second-order valence-corrected chi connectivity index (χ2v) is 6.86. The maximum absolute atomic E-state index is 8.28. The molecule has 2 saturated heterocycles. The summed E-state index contributed by atoms with van der Waals surface area (Å²) in [6.07, 6.45) is -1.40. The van der Waals surface area contributed by atoms with Crippen molar-refractivity contribution < 1.29 is 23.7 Å². The molecule has 2 rings (SSSR count). The second kappa shape index (κ2) is 6.70. The Kier molecular flexibility index (Phi) is 5.32. The van der Waals surface area contributed by atoms with Crippen molar-refractivity contribution in [3.05, 3.63) is 10.4 Å². The number of rotatable bonds is 5. The van der Waals surface area contributed by atoms with E-state index in [0.29, 0.717) is 6.61 Å². The topological polar surface area (TPSA) is 94.9 Å². The van der Waals surface area contributed by atoms with Crippen LogP contribution in [0.1, 0.15) is 34.6 Å². The molecule has 126 valence electrons. The first-order chi connectivity index (χ1) is 10.2. The maximum atomic E-state index is 8.28. The Morgan fingerprint density at radius 2 is 1.95 bits per heavy atom. The third-order valence-corrected chi connectivity index (χ3v) is 3.26. The largest absolute Gasteiger partial charge is 0.367 e. The number of azide groups is 1. The molecule has 0 spiro atoms. The lowest BCUT2D eigenvalue weighted by atomic mass is 10.0. The van der Waals surface area contributed by atoms with Crippen LogP contribution >= 0.6 is 0 Å². The van der Waals surface area contributed by atoms with E-state index in [1.165, 1.54) is 0 Å². The summed E-state index contributed by atoms with van der Waals surface area (Å²) < 4.78 is 29.3. The fourth-order valence-electron chi connectivity index (χ4n) is 2.65. The zero-order chi connectivity index (χ0) is 16.4. The van der Waals surface area contributed by atoms with Gasteiger partial charge in [0.1, 0.15) is 18.3 Å². The van der Waals surface area contributed by atoms with Crippen molar-refractivity contribution in [2.24, 2.45) is 5.11 Å². The van der Waals surface area contributed by atoms with Crippen LogP contribution in [0.2, 0.25) is 0 Å². The molecule has 0 bridgehead atoms. The Balaban J connectivity index is 2.02. The predicted octanol–water partition coefficient (Wildman–Crippen LogP) is 2.37. The molecule has 2 fully saturated rings. The van der Waals surface area contributed by atoms with E-state index in [-0.39, 0.29) is 37.1 Å². The zero-order valence-electron chi connectivity index (χ0n) is 13.8. The van der Waals surface area contributed by atoms with Crippen molar-refractivity contribution in [3.8, 4) is 0 Å². The highest BCUT2D eigenvalue weighted by Gasteiger charge is 2.53. The van der Waals surface area contributed by atoms with Gasteiger partial charge in [0.25, 0.3) is 0 Å². The summed E-state index contributed by atoms with van der Waals surface area (Å²) in [7, 11) is 0. The quantitative estimate of drug-likeness (QED) is 0.336. The van der Waals surface area contributed by atoms with Gasteiger partial charge < -0.3 is 23.7 Å². The lowest BCUT2D eigenvalue weighted by molar-refractivity contribution is -0.262. The van der Waals surface area contributed by atoms with E-state index in [1.807, 2.05) is 34.6 Å². The summed E-state index contributed by atoms with van der Waals surface area (Å²) in [5.74, 6) is -0.713.